The van der Waals surface area contributed by atoms with Crippen molar-refractivity contribution < 1.29 is 22.7 Å². The lowest BCUT2D eigenvalue weighted by Gasteiger charge is -2.13. The second-order valence-electron chi connectivity index (χ2n) is 5.61. The predicted octanol–water partition coefficient (Wildman–Crippen LogP) is 3.37. The van der Waals surface area contributed by atoms with E-state index in [1.165, 1.54) is 50.8 Å². The first-order valence-electron chi connectivity index (χ1n) is 8.25. The minimum Gasteiger partial charge on any atom is -0.497 e. The maximum absolute atomic E-state index is 12.7. The molecule has 8 nitrogen and oxygen atoms in total. The van der Waals surface area contributed by atoms with Gasteiger partial charge in [-0.1, -0.05) is 23.7 Å². The SMILES string of the molecule is COc1cc(NC(=O)/C(C#N)=C(\NS(=O)(=O)c2ccccc2Cl)SC)cc(OC)c1. The minimum absolute atomic E-state index is 0.0110. The summed E-state index contributed by atoms with van der Waals surface area (Å²) in [4.78, 5) is 12.5. The van der Waals surface area contributed by atoms with E-state index in [9.17, 15) is 18.5 Å². The second kappa shape index (κ2) is 10.2. The van der Waals surface area contributed by atoms with Crippen molar-refractivity contribution in [2.24, 2.45) is 0 Å². The number of hydrogen-bond donors (Lipinski definition) is 2. The molecule has 0 heterocycles. The van der Waals surface area contributed by atoms with Gasteiger partial charge >= 0.3 is 0 Å². The average molecular weight is 468 g/mol. The van der Waals surface area contributed by atoms with E-state index >= 15 is 0 Å². The van der Waals surface area contributed by atoms with Crippen LogP contribution in [0.25, 0.3) is 0 Å². The number of rotatable bonds is 8. The van der Waals surface area contributed by atoms with Crippen LogP contribution in [0.2, 0.25) is 5.02 Å². The fourth-order valence-corrected chi connectivity index (χ4v) is 4.80. The van der Waals surface area contributed by atoms with Gasteiger partial charge in [0.2, 0.25) is 0 Å². The van der Waals surface area contributed by atoms with Gasteiger partial charge < -0.3 is 14.8 Å². The van der Waals surface area contributed by atoms with Crippen molar-refractivity contribution >= 4 is 45.0 Å². The van der Waals surface area contributed by atoms with E-state index in [0.717, 1.165) is 11.8 Å². The van der Waals surface area contributed by atoms with Crippen LogP contribution in [-0.2, 0) is 14.8 Å². The topological polar surface area (TPSA) is 118 Å². The highest BCUT2D eigenvalue weighted by molar-refractivity contribution is 8.03. The van der Waals surface area contributed by atoms with E-state index in [0.29, 0.717) is 17.2 Å². The van der Waals surface area contributed by atoms with Crippen LogP contribution in [0.5, 0.6) is 11.5 Å². The Balaban J connectivity index is 2.38. The second-order valence-corrected chi connectivity index (χ2v) is 8.49. The summed E-state index contributed by atoms with van der Waals surface area (Å²) in [6.07, 6.45) is 1.53. The van der Waals surface area contributed by atoms with Gasteiger partial charge in [-0.25, -0.2) is 8.42 Å². The molecule has 158 valence electrons. The molecule has 0 fully saturated rings. The molecule has 0 aliphatic heterocycles. The van der Waals surface area contributed by atoms with E-state index in [-0.39, 0.29) is 14.9 Å². The molecule has 2 aromatic carbocycles. The number of methoxy groups -OCH3 is 2. The molecule has 1 amide bonds. The Kier molecular flexibility index (Phi) is 8.00. The zero-order valence-corrected chi connectivity index (χ0v) is 18.6. The van der Waals surface area contributed by atoms with Crippen molar-refractivity contribution in [3.63, 3.8) is 0 Å². The molecule has 0 saturated carbocycles. The van der Waals surface area contributed by atoms with Crippen LogP contribution >= 0.6 is 23.4 Å². The Morgan fingerprint density at radius 3 is 2.23 bits per heavy atom. The summed E-state index contributed by atoms with van der Waals surface area (Å²) in [6.45, 7) is 0. The number of carbonyl (C=O) groups excluding carboxylic acids is 1. The molecule has 0 aromatic heterocycles. The number of carbonyl (C=O) groups is 1. The first kappa shape index (κ1) is 23.4. The fourth-order valence-electron chi connectivity index (χ4n) is 2.31. The number of benzene rings is 2. The van der Waals surface area contributed by atoms with Gasteiger partial charge in [-0.05, 0) is 18.4 Å². The Hall–Kier alpha value is -2.87. The van der Waals surface area contributed by atoms with Crippen molar-refractivity contribution in [1.82, 2.24) is 4.72 Å². The Morgan fingerprint density at radius 2 is 1.73 bits per heavy atom. The third kappa shape index (κ3) is 5.60. The Bertz CT molecular complexity index is 1100. The summed E-state index contributed by atoms with van der Waals surface area (Å²) in [5.74, 6) is 0.0484. The largest absolute Gasteiger partial charge is 0.497 e. The molecule has 2 N–H and O–H groups in total. The number of nitriles is 1. The first-order valence-corrected chi connectivity index (χ1v) is 11.3. The monoisotopic (exact) mass is 467 g/mol. The van der Waals surface area contributed by atoms with Crippen LogP contribution in [0.1, 0.15) is 0 Å². The Morgan fingerprint density at radius 1 is 1.13 bits per heavy atom. The highest BCUT2D eigenvalue weighted by Gasteiger charge is 2.23. The van der Waals surface area contributed by atoms with Crippen LogP contribution in [0, 0.1) is 11.3 Å². The van der Waals surface area contributed by atoms with Crippen LogP contribution in [0.3, 0.4) is 0 Å². The summed E-state index contributed by atoms with van der Waals surface area (Å²) in [5.41, 5.74) is -0.113. The molecule has 0 spiro atoms. The summed E-state index contributed by atoms with van der Waals surface area (Å²) in [5, 5.41) is 11.9. The molecule has 0 aliphatic carbocycles. The van der Waals surface area contributed by atoms with Gasteiger partial charge in [0.25, 0.3) is 15.9 Å². The zero-order valence-electron chi connectivity index (χ0n) is 16.2. The molecule has 2 rings (SSSR count). The van der Waals surface area contributed by atoms with Crippen LogP contribution < -0.4 is 19.5 Å². The third-order valence-corrected chi connectivity index (χ3v) is 6.43. The van der Waals surface area contributed by atoms with Crippen LogP contribution in [0.15, 0.2) is 58.0 Å². The van der Waals surface area contributed by atoms with Gasteiger partial charge in [0.1, 0.15) is 33.1 Å². The third-order valence-electron chi connectivity index (χ3n) is 3.73. The van der Waals surface area contributed by atoms with Gasteiger partial charge in [-0.2, -0.15) is 5.26 Å². The number of halogens is 1. The zero-order chi connectivity index (χ0) is 22.3. The molecule has 0 saturated heterocycles. The normalized spacial score (nSPS) is 11.7. The highest BCUT2D eigenvalue weighted by atomic mass is 35.5. The number of nitrogens with one attached hydrogen (secondary N) is 2. The quantitative estimate of drug-likeness (QED) is 0.451. The number of anilines is 1. The van der Waals surface area contributed by atoms with E-state index in [2.05, 4.69) is 10.0 Å². The van der Waals surface area contributed by atoms with Gasteiger partial charge in [-0.3, -0.25) is 9.52 Å². The van der Waals surface area contributed by atoms with Crippen molar-refractivity contribution in [2.45, 2.75) is 4.90 Å². The fraction of sp³-hybridized carbons (Fsp3) is 0.158. The summed E-state index contributed by atoms with van der Waals surface area (Å²) < 4.78 is 37.9. The molecule has 0 unspecified atom stereocenters. The molecule has 0 atom stereocenters. The summed E-state index contributed by atoms with van der Waals surface area (Å²) in [7, 11) is -1.21. The van der Waals surface area contributed by atoms with Gasteiger partial charge in [0.15, 0.2) is 0 Å². The van der Waals surface area contributed by atoms with Crippen molar-refractivity contribution in [1.29, 1.82) is 5.26 Å². The smallest absolute Gasteiger partial charge is 0.269 e. The molecule has 11 heteroatoms. The molecule has 0 bridgehead atoms. The first-order chi connectivity index (χ1) is 14.2. The van der Waals surface area contributed by atoms with Gasteiger partial charge in [0.05, 0.1) is 19.2 Å². The summed E-state index contributed by atoms with van der Waals surface area (Å²) >= 11 is 6.86. The van der Waals surface area contributed by atoms with Crippen molar-refractivity contribution in [3.05, 3.63) is 58.1 Å². The number of nitrogens with zero attached hydrogens (tertiary/aromatic N) is 1. The number of ether oxygens (including phenoxy) is 2. The van der Waals surface area contributed by atoms with Crippen LogP contribution in [0.4, 0.5) is 5.69 Å². The minimum atomic E-state index is -4.12. The number of amides is 1. The van der Waals surface area contributed by atoms with Crippen LogP contribution in [-0.4, -0.2) is 34.8 Å². The Labute approximate surface area is 183 Å². The maximum atomic E-state index is 12.7. The summed E-state index contributed by atoms with van der Waals surface area (Å²) in [6, 6.07) is 12.3. The maximum Gasteiger partial charge on any atom is 0.269 e. The van der Waals surface area contributed by atoms with E-state index in [4.69, 9.17) is 21.1 Å². The van der Waals surface area contributed by atoms with Crippen molar-refractivity contribution in [2.75, 3.05) is 25.8 Å². The number of hydrogen-bond acceptors (Lipinski definition) is 7. The molecule has 0 radical (unpaired) electrons. The highest BCUT2D eigenvalue weighted by Crippen LogP contribution is 2.27. The van der Waals surface area contributed by atoms with Crippen molar-refractivity contribution in [3.8, 4) is 17.6 Å². The lowest BCUT2D eigenvalue weighted by atomic mass is 10.2. The van der Waals surface area contributed by atoms with Gasteiger partial charge in [-0.15, -0.1) is 11.8 Å². The average Bonchev–Trinajstić information content (AvgIpc) is 2.73. The molecule has 2 aromatic rings. The number of thioether (sulfide) groups is 1. The lowest BCUT2D eigenvalue weighted by molar-refractivity contribution is -0.112. The van der Waals surface area contributed by atoms with E-state index in [1.807, 2.05) is 0 Å². The van der Waals surface area contributed by atoms with E-state index in [1.54, 1.807) is 18.2 Å². The van der Waals surface area contributed by atoms with Gasteiger partial charge in [0, 0.05) is 23.9 Å². The lowest BCUT2D eigenvalue weighted by Crippen LogP contribution is -2.26. The van der Waals surface area contributed by atoms with E-state index < -0.39 is 21.5 Å². The molecular formula is C19H18ClN3O5S2. The number of sulfonamides is 1. The standard InChI is InChI=1S/C19H18ClN3O5S2/c1-27-13-8-12(9-14(10-13)28-2)22-18(24)15(11-21)19(29-3)23-30(25,26)17-7-5-4-6-16(17)20/h4-10,23H,1-3H3,(H,22,24)/b19-15+. The predicted molar refractivity (Wildman–Crippen MR) is 116 cm³/mol. The molecule has 30 heavy (non-hydrogen) atoms. The molecular weight excluding hydrogens is 450 g/mol. The molecule has 0 aliphatic rings.